The van der Waals surface area contributed by atoms with Gasteiger partial charge < -0.3 is 25.3 Å². The van der Waals surface area contributed by atoms with Gasteiger partial charge in [-0.25, -0.2) is 0 Å². The summed E-state index contributed by atoms with van der Waals surface area (Å²) in [6, 6.07) is 12.1. The maximum Gasteiger partial charge on any atom is 0.254 e. The highest BCUT2D eigenvalue weighted by Gasteiger charge is 2.66. The molecule has 3 N–H and O–H groups in total. The Hall–Kier alpha value is -3.91. The van der Waals surface area contributed by atoms with E-state index in [1.54, 1.807) is 30.0 Å². The molecule has 2 aromatic rings. The predicted molar refractivity (Wildman–Crippen MR) is 135 cm³/mol. The minimum absolute atomic E-state index is 0.0266. The van der Waals surface area contributed by atoms with Crippen molar-refractivity contribution in [3.05, 3.63) is 90.0 Å². The third kappa shape index (κ3) is 4.07. The van der Waals surface area contributed by atoms with Gasteiger partial charge in [-0.1, -0.05) is 49.1 Å². The summed E-state index contributed by atoms with van der Waals surface area (Å²) in [5.41, 5.74) is 1.42. The van der Waals surface area contributed by atoms with Gasteiger partial charge in [0.15, 0.2) is 6.10 Å². The lowest BCUT2D eigenvalue weighted by Crippen LogP contribution is -2.75. The number of carbonyl (C=O) groups excluding carboxylic acids is 3. The lowest BCUT2D eigenvalue weighted by molar-refractivity contribution is -0.168. The van der Waals surface area contributed by atoms with E-state index in [1.807, 2.05) is 37.3 Å². The van der Waals surface area contributed by atoms with Crippen LogP contribution < -0.4 is 5.32 Å². The maximum atomic E-state index is 13.6. The van der Waals surface area contributed by atoms with Crippen LogP contribution in [0.25, 0.3) is 0 Å². The Morgan fingerprint density at radius 2 is 1.92 bits per heavy atom. The van der Waals surface area contributed by atoms with Gasteiger partial charge in [0.1, 0.15) is 11.8 Å². The van der Waals surface area contributed by atoms with Crippen molar-refractivity contribution in [1.82, 2.24) is 15.1 Å². The zero-order chi connectivity index (χ0) is 26.2. The molecule has 36 heavy (non-hydrogen) atoms. The number of fused-ring (bicyclic) bond motifs is 1. The zero-order valence-corrected chi connectivity index (χ0v) is 20.5. The van der Waals surface area contributed by atoms with E-state index >= 15 is 0 Å². The Kier molecular flexibility index (Phi) is 6.73. The van der Waals surface area contributed by atoms with E-state index in [4.69, 9.17) is 0 Å². The molecule has 2 saturated heterocycles. The number of rotatable bonds is 8. The highest BCUT2D eigenvalue weighted by atomic mass is 16.3. The smallest absolute Gasteiger partial charge is 0.254 e. The standard InChI is InChI=1S/C28H31N3O5/c1-5-14-31-27(36)24-28(31,4)17(2)16-30(24)26(35)23(33)21(15-19-10-7-6-8-11-19)29-25(34)20-12-9-13-22(32)18(20)3/h5-13,21,23-24,32-33H,1-2,14-16H2,3-4H3,(H,29,34)/t21-,23-,24+,28?/m0/s1. The summed E-state index contributed by atoms with van der Waals surface area (Å²) in [4.78, 5) is 42.5. The molecule has 0 spiro atoms. The molecule has 2 fully saturated rings. The Morgan fingerprint density at radius 3 is 2.58 bits per heavy atom. The first-order valence-corrected chi connectivity index (χ1v) is 11.8. The second kappa shape index (κ2) is 9.62. The second-order valence-electron chi connectivity index (χ2n) is 9.52. The van der Waals surface area contributed by atoms with Crippen LogP contribution in [0.5, 0.6) is 5.75 Å². The Labute approximate surface area is 210 Å². The SMILES string of the molecule is C=CCN1C(=O)[C@H]2N(C(=O)[C@@H](O)[C@H](Cc3ccccc3)NC(=O)c3cccc(O)c3C)CC(=C)C21C. The van der Waals surface area contributed by atoms with E-state index in [0.717, 1.165) is 5.56 Å². The first-order chi connectivity index (χ1) is 17.1. The van der Waals surface area contributed by atoms with Crippen LogP contribution in [-0.4, -0.2) is 74.6 Å². The van der Waals surface area contributed by atoms with E-state index in [9.17, 15) is 24.6 Å². The Morgan fingerprint density at radius 1 is 1.22 bits per heavy atom. The number of phenolic OH excluding ortho intramolecular Hbond substituents is 1. The molecule has 1 unspecified atom stereocenters. The molecule has 0 saturated carbocycles. The van der Waals surface area contributed by atoms with Crippen LogP contribution in [-0.2, 0) is 16.0 Å². The molecule has 188 valence electrons. The molecule has 8 nitrogen and oxygen atoms in total. The number of amides is 3. The first-order valence-electron chi connectivity index (χ1n) is 11.8. The van der Waals surface area contributed by atoms with E-state index in [1.165, 1.54) is 11.0 Å². The molecule has 4 rings (SSSR count). The number of aromatic hydroxyl groups is 1. The number of β-lactam (4-membered cyclic amide) rings is 1. The van der Waals surface area contributed by atoms with Crippen molar-refractivity contribution >= 4 is 17.7 Å². The van der Waals surface area contributed by atoms with Crippen molar-refractivity contribution in [3.63, 3.8) is 0 Å². The van der Waals surface area contributed by atoms with Crippen molar-refractivity contribution in [3.8, 4) is 5.75 Å². The minimum atomic E-state index is -1.61. The molecule has 2 heterocycles. The third-order valence-corrected chi connectivity index (χ3v) is 7.38. The predicted octanol–water partition coefficient (Wildman–Crippen LogP) is 1.96. The topological polar surface area (TPSA) is 110 Å². The van der Waals surface area contributed by atoms with Crippen molar-refractivity contribution < 1.29 is 24.6 Å². The number of aliphatic hydroxyl groups excluding tert-OH is 1. The van der Waals surface area contributed by atoms with E-state index in [-0.39, 0.29) is 30.2 Å². The van der Waals surface area contributed by atoms with Gasteiger partial charge >= 0.3 is 0 Å². The normalized spacial score (nSPS) is 22.5. The maximum absolute atomic E-state index is 13.6. The quantitative estimate of drug-likeness (QED) is 0.388. The molecule has 8 heteroatoms. The lowest BCUT2D eigenvalue weighted by Gasteiger charge is -2.53. The van der Waals surface area contributed by atoms with Gasteiger partial charge in [-0.3, -0.25) is 14.4 Å². The van der Waals surface area contributed by atoms with Crippen LogP contribution in [0.1, 0.15) is 28.4 Å². The van der Waals surface area contributed by atoms with E-state index in [2.05, 4.69) is 18.5 Å². The van der Waals surface area contributed by atoms with E-state index in [0.29, 0.717) is 17.7 Å². The minimum Gasteiger partial charge on any atom is -0.508 e. The molecule has 2 aromatic carbocycles. The molecule has 0 aliphatic carbocycles. The van der Waals surface area contributed by atoms with Gasteiger partial charge in [0.05, 0.1) is 11.6 Å². The van der Waals surface area contributed by atoms with Crippen molar-refractivity contribution in [2.45, 2.75) is 44.0 Å². The number of carbonyl (C=O) groups is 3. The number of hydrogen-bond donors (Lipinski definition) is 3. The summed E-state index contributed by atoms with van der Waals surface area (Å²) < 4.78 is 0. The van der Waals surface area contributed by atoms with Crippen molar-refractivity contribution in [1.29, 1.82) is 0 Å². The number of aliphatic hydroxyl groups is 1. The third-order valence-electron chi connectivity index (χ3n) is 7.38. The summed E-state index contributed by atoms with van der Waals surface area (Å²) in [6.07, 6.45) is 0.203. The fourth-order valence-electron chi connectivity index (χ4n) is 5.16. The molecular formula is C28H31N3O5. The van der Waals surface area contributed by atoms with Crippen LogP contribution in [0, 0.1) is 6.92 Å². The highest BCUT2D eigenvalue weighted by Crippen LogP contribution is 2.46. The molecule has 0 radical (unpaired) electrons. The summed E-state index contributed by atoms with van der Waals surface area (Å²) in [7, 11) is 0. The van der Waals surface area contributed by atoms with Crippen LogP contribution in [0.2, 0.25) is 0 Å². The van der Waals surface area contributed by atoms with Gasteiger partial charge in [0.25, 0.3) is 11.8 Å². The van der Waals surface area contributed by atoms with Crippen LogP contribution in [0.15, 0.2) is 73.3 Å². The molecule has 4 atom stereocenters. The van der Waals surface area contributed by atoms with Gasteiger partial charge in [-0.2, -0.15) is 0 Å². The Bertz CT molecular complexity index is 1230. The number of benzene rings is 2. The number of likely N-dealkylation sites (tertiary alicyclic amines) is 2. The highest BCUT2D eigenvalue weighted by molar-refractivity contribution is 6.00. The van der Waals surface area contributed by atoms with Crippen LogP contribution in [0.4, 0.5) is 0 Å². The van der Waals surface area contributed by atoms with Crippen LogP contribution >= 0.6 is 0 Å². The number of nitrogens with zero attached hydrogens (tertiary/aromatic N) is 2. The molecule has 2 aliphatic heterocycles. The number of phenols is 1. The molecule has 0 aromatic heterocycles. The summed E-state index contributed by atoms with van der Waals surface area (Å²) in [5, 5.41) is 24.0. The largest absolute Gasteiger partial charge is 0.508 e. The van der Waals surface area contributed by atoms with E-state index < -0.39 is 35.5 Å². The monoisotopic (exact) mass is 489 g/mol. The Balaban J connectivity index is 1.60. The fraction of sp³-hybridized carbons (Fsp3) is 0.321. The average Bonchev–Trinajstić information content (AvgIpc) is 3.10. The van der Waals surface area contributed by atoms with Gasteiger partial charge in [0, 0.05) is 24.2 Å². The van der Waals surface area contributed by atoms with Crippen LogP contribution in [0.3, 0.4) is 0 Å². The molecule has 2 aliphatic rings. The number of nitrogens with one attached hydrogen (secondary N) is 1. The van der Waals surface area contributed by atoms with Crippen molar-refractivity contribution in [2.75, 3.05) is 13.1 Å². The fourth-order valence-corrected chi connectivity index (χ4v) is 5.16. The van der Waals surface area contributed by atoms with Gasteiger partial charge in [0.2, 0.25) is 5.91 Å². The average molecular weight is 490 g/mol. The molecule has 3 amide bonds. The summed E-state index contributed by atoms with van der Waals surface area (Å²) in [6.45, 7) is 11.7. The van der Waals surface area contributed by atoms with Gasteiger partial charge in [-0.15, -0.1) is 6.58 Å². The summed E-state index contributed by atoms with van der Waals surface area (Å²) >= 11 is 0. The van der Waals surface area contributed by atoms with Crippen molar-refractivity contribution in [2.24, 2.45) is 0 Å². The zero-order valence-electron chi connectivity index (χ0n) is 20.5. The van der Waals surface area contributed by atoms with Gasteiger partial charge in [-0.05, 0) is 43.5 Å². The first kappa shape index (κ1) is 25.2. The summed E-state index contributed by atoms with van der Waals surface area (Å²) in [5.74, 6) is -1.42. The lowest BCUT2D eigenvalue weighted by atomic mass is 9.78. The molecule has 0 bridgehead atoms. The number of hydrogen-bond acceptors (Lipinski definition) is 5. The second-order valence-corrected chi connectivity index (χ2v) is 9.52. The molecular weight excluding hydrogens is 458 g/mol.